The molecule has 1 aromatic carbocycles. The highest BCUT2D eigenvalue weighted by atomic mass is 16.6. The number of hydrogen-bond donors (Lipinski definition) is 1. The van der Waals surface area contributed by atoms with Gasteiger partial charge in [-0.15, -0.1) is 0 Å². The SMILES string of the molecule is CC1c2cc3c(cc2C2(CCCC2)CN1C(=O)C1CCNC1)OCCO3. The van der Waals surface area contributed by atoms with Crippen LogP contribution in [-0.2, 0) is 10.2 Å². The number of nitrogens with zero attached hydrogens (tertiary/aromatic N) is 1. The number of carbonyl (C=O) groups excluding carboxylic acids is 1. The Bertz CT molecular complexity index is 720. The molecule has 2 atom stereocenters. The van der Waals surface area contributed by atoms with Crippen LogP contribution in [0.4, 0.5) is 0 Å². The minimum Gasteiger partial charge on any atom is -0.486 e. The summed E-state index contributed by atoms with van der Waals surface area (Å²) in [6.07, 6.45) is 5.78. The Kier molecular flexibility index (Phi) is 3.89. The van der Waals surface area contributed by atoms with Crippen LogP contribution in [0.2, 0.25) is 0 Å². The molecule has 5 heteroatoms. The largest absolute Gasteiger partial charge is 0.486 e. The second kappa shape index (κ2) is 6.15. The van der Waals surface area contributed by atoms with Crippen LogP contribution in [0.3, 0.4) is 0 Å². The lowest BCUT2D eigenvalue weighted by Crippen LogP contribution is -2.50. The molecule has 2 fully saturated rings. The van der Waals surface area contributed by atoms with Crippen LogP contribution in [0, 0.1) is 5.92 Å². The minimum absolute atomic E-state index is 0.0966. The summed E-state index contributed by atoms with van der Waals surface area (Å²) >= 11 is 0. The van der Waals surface area contributed by atoms with Crippen molar-refractivity contribution in [2.75, 3.05) is 32.8 Å². The number of ether oxygens (including phenoxy) is 2. The lowest BCUT2D eigenvalue weighted by Gasteiger charge is -2.47. The Balaban J connectivity index is 1.58. The third kappa shape index (κ3) is 2.43. The fourth-order valence-electron chi connectivity index (χ4n) is 5.47. The Morgan fingerprint density at radius 3 is 2.62 bits per heavy atom. The van der Waals surface area contributed by atoms with Crippen molar-refractivity contribution in [3.8, 4) is 11.5 Å². The predicted molar refractivity (Wildman–Crippen MR) is 98.7 cm³/mol. The number of rotatable bonds is 1. The fraction of sp³-hybridized carbons (Fsp3) is 0.667. The maximum Gasteiger partial charge on any atom is 0.227 e. The number of fused-ring (bicyclic) bond motifs is 3. The molecule has 1 N–H and O–H groups in total. The van der Waals surface area contributed by atoms with Gasteiger partial charge in [-0.1, -0.05) is 12.8 Å². The molecule has 1 aliphatic carbocycles. The molecule has 2 unspecified atom stereocenters. The maximum atomic E-state index is 13.3. The first-order valence-electron chi connectivity index (χ1n) is 10.1. The second-order valence-corrected chi connectivity index (χ2v) is 8.40. The fourth-order valence-corrected chi connectivity index (χ4v) is 5.47. The summed E-state index contributed by atoms with van der Waals surface area (Å²) in [5.41, 5.74) is 2.77. The molecule has 4 aliphatic rings. The molecule has 26 heavy (non-hydrogen) atoms. The predicted octanol–water partition coefficient (Wildman–Crippen LogP) is 2.78. The third-order valence-electron chi connectivity index (χ3n) is 6.93. The molecule has 5 nitrogen and oxygen atoms in total. The van der Waals surface area contributed by atoms with Crippen LogP contribution in [0.15, 0.2) is 12.1 Å². The Labute approximate surface area is 155 Å². The first-order valence-corrected chi connectivity index (χ1v) is 10.1. The molecule has 0 bridgehead atoms. The van der Waals surface area contributed by atoms with Crippen molar-refractivity contribution in [3.05, 3.63) is 23.3 Å². The van der Waals surface area contributed by atoms with Gasteiger partial charge in [-0.3, -0.25) is 4.79 Å². The quantitative estimate of drug-likeness (QED) is 0.841. The summed E-state index contributed by atoms with van der Waals surface area (Å²) in [7, 11) is 0. The van der Waals surface area contributed by atoms with Crippen molar-refractivity contribution >= 4 is 5.91 Å². The average molecular weight is 356 g/mol. The van der Waals surface area contributed by atoms with E-state index in [1.54, 1.807) is 0 Å². The molecule has 3 aliphatic heterocycles. The van der Waals surface area contributed by atoms with Crippen LogP contribution >= 0.6 is 0 Å². The first kappa shape index (κ1) is 16.4. The van der Waals surface area contributed by atoms with E-state index in [-0.39, 0.29) is 17.4 Å². The van der Waals surface area contributed by atoms with Gasteiger partial charge in [0.2, 0.25) is 5.91 Å². The smallest absolute Gasteiger partial charge is 0.227 e. The molecule has 5 rings (SSSR count). The highest BCUT2D eigenvalue weighted by Gasteiger charge is 2.47. The summed E-state index contributed by atoms with van der Waals surface area (Å²) < 4.78 is 11.7. The third-order valence-corrected chi connectivity index (χ3v) is 6.93. The van der Waals surface area contributed by atoms with Crippen LogP contribution < -0.4 is 14.8 Å². The van der Waals surface area contributed by atoms with Crippen LogP contribution in [0.25, 0.3) is 0 Å². The van der Waals surface area contributed by atoms with E-state index in [4.69, 9.17) is 9.47 Å². The minimum atomic E-state index is 0.0966. The van der Waals surface area contributed by atoms with Crippen molar-refractivity contribution in [3.63, 3.8) is 0 Å². The van der Waals surface area contributed by atoms with Gasteiger partial charge in [-0.2, -0.15) is 0 Å². The molecule has 0 aromatic heterocycles. The van der Waals surface area contributed by atoms with Gasteiger partial charge >= 0.3 is 0 Å². The van der Waals surface area contributed by atoms with E-state index in [0.29, 0.717) is 19.1 Å². The topological polar surface area (TPSA) is 50.8 Å². The molecular formula is C21H28N2O3. The molecule has 1 spiro atoms. The number of nitrogens with one attached hydrogen (secondary N) is 1. The van der Waals surface area contributed by atoms with Gasteiger partial charge in [-0.25, -0.2) is 0 Å². The Hall–Kier alpha value is -1.75. The first-order chi connectivity index (χ1) is 12.7. The van der Waals surface area contributed by atoms with Gasteiger partial charge in [0, 0.05) is 18.5 Å². The van der Waals surface area contributed by atoms with Crippen molar-refractivity contribution in [1.82, 2.24) is 10.2 Å². The summed E-state index contributed by atoms with van der Waals surface area (Å²) in [4.78, 5) is 15.4. The lowest BCUT2D eigenvalue weighted by atomic mass is 9.71. The van der Waals surface area contributed by atoms with Gasteiger partial charge in [0.25, 0.3) is 0 Å². The van der Waals surface area contributed by atoms with Crippen LogP contribution in [-0.4, -0.2) is 43.7 Å². The van der Waals surface area contributed by atoms with Crippen LogP contribution in [0.5, 0.6) is 11.5 Å². The van der Waals surface area contributed by atoms with Gasteiger partial charge in [0.15, 0.2) is 11.5 Å². The van der Waals surface area contributed by atoms with Gasteiger partial charge in [-0.05, 0) is 56.0 Å². The van der Waals surface area contributed by atoms with Crippen molar-refractivity contribution in [1.29, 1.82) is 0 Å². The maximum absolute atomic E-state index is 13.3. The van der Waals surface area contributed by atoms with Crippen molar-refractivity contribution < 1.29 is 14.3 Å². The van der Waals surface area contributed by atoms with Gasteiger partial charge < -0.3 is 19.7 Å². The zero-order valence-electron chi connectivity index (χ0n) is 15.6. The molecule has 0 radical (unpaired) electrons. The van der Waals surface area contributed by atoms with E-state index in [2.05, 4.69) is 29.3 Å². The summed E-state index contributed by atoms with van der Waals surface area (Å²) in [5, 5.41) is 3.34. The van der Waals surface area contributed by atoms with Crippen molar-refractivity contribution in [2.45, 2.75) is 50.5 Å². The van der Waals surface area contributed by atoms with Crippen LogP contribution in [0.1, 0.15) is 56.2 Å². The number of carbonyl (C=O) groups is 1. The molecule has 1 aromatic rings. The summed E-state index contributed by atoms with van der Waals surface area (Å²) in [6.45, 7) is 6.03. The molecule has 3 heterocycles. The molecule has 1 saturated carbocycles. The van der Waals surface area contributed by atoms with Gasteiger partial charge in [0.05, 0.1) is 12.0 Å². The molecular weight excluding hydrogens is 328 g/mol. The van der Waals surface area contributed by atoms with E-state index in [1.165, 1.54) is 36.8 Å². The zero-order chi connectivity index (χ0) is 17.7. The van der Waals surface area contributed by atoms with E-state index in [0.717, 1.165) is 37.6 Å². The standard InChI is InChI=1S/C21H28N2O3/c1-14-16-10-18-19(26-9-8-25-18)11-17(16)21(5-2-3-6-21)13-23(14)20(24)15-4-7-22-12-15/h10-11,14-15,22H,2-9,12-13H2,1H3. The number of benzene rings is 1. The van der Waals surface area contributed by atoms with E-state index < -0.39 is 0 Å². The summed E-state index contributed by atoms with van der Waals surface area (Å²) in [5.74, 6) is 2.18. The average Bonchev–Trinajstić information content (AvgIpc) is 3.36. The molecule has 1 saturated heterocycles. The Morgan fingerprint density at radius 1 is 1.19 bits per heavy atom. The van der Waals surface area contributed by atoms with Crippen molar-refractivity contribution in [2.24, 2.45) is 5.92 Å². The zero-order valence-corrected chi connectivity index (χ0v) is 15.6. The van der Waals surface area contributed by atoms with E-state index in [1.807, 2.05) is 0 Å². The molecule has 140 valence electrons. The number of amides is 1. The Morgan fingerprint density at radius 2 is 1.92 bits per heavy atom. The van der Waals surface area contributed by atoms with Gasteiger partial charge in [0.1, 0.15) is 13.2 Å². The highest BCUT2D eigenvalue weighted by molar-refractivity contribution is 5.80. The normalized spacial score (nSPS) is 29.0. The van der Waals surface area contributed by atoms with E-state index >= 15 is 0 Å². The lowest BCUT2D eigenvalue weighted by molar-refractivity contribution is -0.139. The monoisotopic (exact) mass is 356 g/mol. The second-order valence-electron chi connectivity index (χ2n) is 8.40. The molecule has 1 amide bonds. The summed E-state index contributed by atoms with van der Waals surface area (Å²) in [6, 6.07) is 4.48. The highest BCUT2D eigenvalue weighted by Crippen LogP contribution is 2.52. The van der Waals surface area contributed by atoms with E-state index in [9.17, 15) is 4.79 Å². The number of hydrogen-bond acceptors (Lipinski definition) is 4.